The molecule has 3 heteroatoms. The predicted octanol–water partition coefficient (Wildman–Crippen LogP) is 3.66. The smallest absolute Gasteiger partial charge is 0.124 e. The third kappa shape index (κ3) is 3.33. The SMILES string of the molecule is CCOc1ccccc1C(NN)C1CCC(C)C(C)C1. The van der Waals surface area contributed by atoms with Crippen LogP contribution in [0.1, 0.15) is 51.6 Å². The summed E-state index contributed by atoms with van der Waals surface area (Å²) >= 11 is 0. The van der Waals surface area contributed by atoms with Crippen molar-refractivity contribution >= 4 is 0 Å². The maximum absolute atomic E-state index is 5.88. The van der Waals surface area contributed by atoms with Gasteiger partial charge in [0.2, 0.25) is 0 Å². The van der Waals surface area contributed by atoms with Crippen LogP contribution in [0.15, 0.2) is 24.3 Å². The van der Waals surface area contributed by atoms with Gasteiger partial charge in [-0.1, -0.05) is 38.5 Å². The molecule has 0 spiro atoms. The lowest BCUT2D eigenvalue weighted by Gasteiger charge is -2.37. The average molecular weight is 276 g/mol. The summed E-state index contributed by atoms with van der Waals surface area (Å²) in [5, 5.41) is 0. The molecule has 2 rings (SSSR count). The summed E-state index contributed by atoms with van der Waals surface area (Å²) in [5.41, 5.74) is 4.24. The molecular formula is C17H28N2O. The molecule has 1 aliphatic rings. The Kier molecular flexibility index (Phi) is 5.44. The molecule has 1 aromatic carbocycles. The Labute approximate surface area is 122 Å². The van der Waals surface area contributed by atoms with Crippen molar-refractivity contribution in [3.63, 3.8) is 0 Å². The van der Waals surface area contributed by atoms with E-state index in [1.54, 1.807) is 0 Å². The highest BCUT2D eigenvalue weighted by Gasteiger charge is 2.31. The number of para-hydroxylation sites is 1. The van der Waals surface area contributed by atoms with Crippen LogP contribution in [0.25, 0.3) is 0 Å². The maximum atomic E-state index is 5.88. The Hall–Kier alpha value is -1.06. The van der Waals surface area contributed by atoms with Crippen LogP contribution in [0.5, 0.6) is 5.75 Å². The first kappa shape index (κ1) is 15.3. The summed E-state index contributed by atoms with van der Waals surface area (Å²) in [6.07, 6.45) is 3.76. The second-order valence-electron chi connectivity index (χ2n) is 6.14. The molecule has 1 aromatic rings. The van der Waals surface area contributed by atoms with Gasteiger partial charge in [-0.05, 0) is 43.6 Å². The molecule has 3 nitrogen and oxygen atoms in total. The van der Waals surface area contributed by atoms with Gasteiger partial charge in [0.15, 0.2) is 0 Å². The zero-order valence-corrected chi connectivity index (χ0v) is 12.9. The summed E-state index contributed by atoms with van der Waals surface area (Å²) < 4.78 is 5.76. The molecule has 20 heavy (non-hydrogen) atoms. The number of benzene rings is 1. The second kappa shape index (κ2) is 7.09. The van der Waals surface area contributed by atoms with Gasteiger partial charge in [-0.15, -0.1) is 0 Å². The van der Waals surface area contributed by atoms with Gasteiger partial charge in [-0.25, -0.2) is 0 Å². The average Bonchev–Trinajstić information content (AvgIpc) is 2.45. The Morgan fingerprint density at radius 3 is 2.65 bits per heavy atom. The molecule has 1 fully saturated rings. The standard InChI is InChI=1S/C17H28N2O/c1-4-20-16-8-6-5-7-15(16)17(19-18)14-10-9-12(2)13(3)11-14/h5-8,12-14,17,19H,4,9-11,18H2,1-3H3. The van der Waals surface area contributed by atoms with Crippen LogP contribution < -0.4 is 16.0 Å². The van der Waals surface area contributed by atoms with Crippen LogP contribution >= 0.6 is 0 Å². The fourth-order valence-electron chi connectivity index (χ4n) is 3.40. The Balaban J connectivity index is 2.19. The largest absolute Gasteiger partial charge is 0.494 e. The molecule has 0 bridgehead atoms. The van der Waals surface area contributed by atoms with Crippen molar-refractivity contribution in [2.45, 2.75) is 46.1 Å². The van der Waals surface area contributed by atoms with E-state index < -0.39 is 0 Å². The van der Waals surface area contributed by atoms with E-state index >= 15 is 0 Å². The minimum absolute atomic E-state index is 0.188. The Morgan fingerprint density at radius 2 is 2.00 bits per heavy atom. The number of ether oxygens (including phenoxy) is 1. The van der Waals surface area contributed by atoms with E-state index in [0.29, 0.717) is 12.5 Å². The van der Waals surface area contributed by atoms with E-state index in [0.717, 1.165) is 17.6 Å². The van der Waals surface area contributed by atoms with Crippen LogP contribution in [-0.4, -0.2) is 6.61 Å². The quantitative estimate of drug-likeness (QED) is 0.637. The van der Waals surface area contributed by atoms with Gasteiger partial charge in [-0.2, -0.15) is 0 Å². The summed E-state index contributed by atoms with van der Waals surface area (Å²) in [6, 6.07) is 8.45. The first-order valence-electron chi connectivity index (χ1n) is 7.85. The third-order valence-corrected chi connectivity index (χ3v) is 4.84. The minimum Gasteiger partial charge on any atom is -0.494 e. The van der Waals surface area contributed by atoms with Crippen LogP contribution in [0.2, 0.25) is 0 Å². The summed E-state index contributed by atoms with van der Waals surface area (Å²) in [6.45, 7) is 7.43. The first-order valence-corrected chi connectivity index (χ1v) is 7.85. The Bertz CT molecular complexity index is 421. The maximum Gasteiger partial charge on any atom is 0.124 e. The second-order valence-corrected chi connectivity index (χ2v) is 6.14. The fraction of sp³-hybridized carbons (Fsp3) is 0.647. The zero-order chi connectivity index (χ0) is 14.5. The summed E-state index contributed by atoms with van der Waals surface area (Å²) in [7, 11) is 0. The lowest BCUT2D eigenvalue weighted by molar-refractivity contribution is 0.169. The molecule has 0 heterocycles. The van der Waals surface area contributed by atoms with Crippen molar-refractivity contribution in [2.75, 3.05) is 6.61 Å². The van der Waals surface area contributed by atoms with Crippen LogP contribution in [0.3, 0.4) is 0 Å². The van der Waals surface area contributed by atoms with Crippen molar-refractivity contribution in [3.05, 3.63) is 29.8 Å². The van der Waals surface area contributed by atoms with E-state index in [1.165, 1.54) is 24.8 Å². The van der Waals surface area contributed by atoms with E-state index in [1.807, 2.05) is 19.1 Å². The monoisotopic (exact) mass is 276 g/mol. The number of nitrogens with two attached hydrogens (primary N) is 1. The highest BCUT2D eigenvalue weighted by molar-refractivity contribution is 5.36. The van der Waals surface area contributed by atoms with Crippen molar-refractivity contribution in [1.82, 2.24) is 5.43 Å². The lowest BCUT2D eigenvalue weighted by Crippen LogP contribution is -2.37. The Morgan fingerprint density at radius 1 is 1.25 bits per heavy atom. The topological polar surface area (TPSA) is 47.3 Å². The van der Waals surface area contributed by atoms with Crippen molar-refractivity contribution < 1.29 is 4.74 Å². The zero-order valence-electron chi connectivity index (χ0n) is 12.9. The number of rotatable bonds is 5. The molecule has 0 saturated heterocycles. The van der Waals surface area contributed by atoms with Gasteiger partial charge in [0, 0.05) is 5.56 Å². The highest BCUT2D eigenvalue weighted by Crippen LogP contribution is 2.41. The van der Waals surface area contributed by atoms with Gasteiger partial charge < -0.3 is 4.74 Å². The molecule has 4 atom stereocenters. The summed E-state index contributed by atoms with van der Waals surface area (Å²) in [5.74, 6) is 9.02. The molecule has 4 unspecified atom stereocenters. The lowest BCUT2D eigenvalue weighted by atomic mass is 9.72. The number of hydrazine groups is 1. The van der Waals surface area contributed by atoms with Gasteiger partial charge in [0.05, 0.1) is 12.6 Å². The third-order valence-electron chi connectivity index (χ3n) is 4.84. The van der Waals surface area contributed by atoms with Gasteiger partial charge in [0.1, 0.15) is 5.75 Å². The highest BCUT2D eigenvalue weighted by atomic mass is 16.5. The predicted molar refractivity (Wildman–Crippen MR) is 83.3 cm³/mol. The molecule has 0 amide bonds. The normalized spacial score (nSPS) is 28.1. The van der Waals surface area contributed by atoms with E-state index in [2.05, 4.69) is 31.4 Å². The van der Waals surface area contributed by atoms with Gasteiger partial charge in [-0.3, -0.25) is 11.3 Å². The fourth-order valence-corrected chi connectivity index (χ4v) is 3.40. The number of hydrogen-bond donors (Lipinski definition) is 2. The number of hydrogen-bond acceptors (Lipinski definition) is 3. The molecule has 0 aromatic heterocycles. The van der Waals surface area contributed by atoms with Crippen LogP contribution in [-0.2, 0) is 0 Å². The minimum atomic E-state index is 0.188. The molecule has 0 aliphatic heterocycles. The molecule has 3 N–H and O–H groups in total. The molecular weight excluding hydrogens is 248 g/mol. The first-order chi connectivity index (χ1) is 9.67. The van der Waals surface area contributed by atoms with Gasteiger partial charge in [0.25, 0.3) is 0 Å². The van der Waals surface area contributed by atoms with E-state index in [4.69, 9.17) is 10.6 Å². The van der Waals surface area contributed by atoms with E-state index in [-0.39, 0.29) is 6.04 Å². The van der Waals surface area contributed by atoms with Crippen molar-refractivity contribution in [2.24, 2.45) is 23.6 Å². The van der Waals surface area contributed by atoms with Crippen molar-refractivity contribution in [3.8, 4) is 5.75 Å². The number of nitrogens with one attached hydrogen (secondary N) is 1. The molecule has 112 valence electrons. The van der Waals surface area contributed by atoms with Crippen LogP contribution in [0.4, 0.5) is 0 Å². The summed E-state index contributed by atoms with van der Waals surface area (Å²) in [4.78, 5) is 0. The van der Waals surface area contributed by atoms with Gasteiger partial charge >= 0.3 is 0 Å². The van der Waals surface area contributed by atoms with Crippen LogP contribution in [0, 0.1) is 17.8 Å². The molecule has 1 saturated carbocycles. The van der Waals surface area contributed by atoms with Crippen molar-refractivity contribution in [1.29, 1.82) is 0 Å². The molecule has 1 aliphatic carbocycles. The molecule has 0 radical (unpaired) electrons. The van der Waals surface area contributed by atoms with E-state index in [9.17, 15) is 0 Å².